The highest BCUT2D eigenvalue weighted by atomic mass is 35.5. The predicted molar refractivity (Wildman–Crippen MR) is 62.9 cm³/mol. The van der Waals surface area contributed by atoms with Gasteiger partial charge in [-0.05, 0) is 26.3 Å². The van der Waals surface area contributed by atoms with Gasteiger partial charge in [0.2, 0.25) is 5.91 Å². The lowest BCUT2D eigenvalue weighted by molar-refractivity contribution is -0.122. The number of hydrogen-bond donors (Lipinski definition) is 1. The zero-order valence-electron chi connectivity index (χ0n) is 9.25. The third kappa shape index (κ3) is 3.92. The summed E-state index contributed by atoms with van der Waals surface area (Å²) in [6.45, 7) is 5.79. The summed E-state index contributed by atoms with van der Waals surface area (Å²) in [7, 11) is 0. The Labute approximate surface area is 95.6 Å². The summed E-state index contributed by atoms with van der Waals surface area (Å²) in [5.74, 6) is -0.157. The molecule has 3 heteroatoms. The number of hydrogen-bond acceptors (Lipinski definition) is 1. The summed E-state index contributed by atoms with van der Waals surface area (Å²) >= 11 is 6.05. The molecule has 0 aliphatic rings. The molecule has 0 unspecified atom stereocenters. The summed E-state index contributed by atoms with van der Waals surface area (Å²) in [6, 6.07) is 9.33. The number of alkyl halides is 1. The molecule has 0 spiro atoms. The number of amides is 1. The average Bonchev–Trinajstić information content (AvgIpc) is 2.15. The van der Waals surface area contributed by atoms with Gasteiger partial charge in [-0.15, -0.1) is 11.6 Å². The van der Waals surface area contributed by atoms with Crippen molar-refractivity contribution in [1.82, 2.24) is 5.32 Å². The molecule has 0 saturated carbocycles. The summed E-state index contributed by atoms with van der Waals surface area (Å²) < 4.78 is 0. The van der Waals surface area contributed by atoms with Crippen molar-refractivity contribution >= 4 is 17.5 Å². The van der Waals surface area contributed by atoms with E-state index in [0.29, 0.717) is 0 Å². The van der Waals surface area contributed by atoms with E-state index in [1.54, 1.807) is 0 Å². The van der Waals surface area contributed by atoms with Crippen molar-refractivity contribution in [3.05, 3.63) is 35.9 Å². The lowest BCUT2D eigenvalue weighted by Crippen LogP contribution is -2.42. The Morgan fingerprint density at radius 1 is 1.27 bits per heavy atom. The van der Waals surface area contributed by atoms with Crippen LogP contribution >= 0.6 is 11.6 Å². The van der Waals surface area contributed by atoms with Crippen molar-refractivity contribution in [1.29, 1.82) is 0 Å². The molecule has 15 heavy (non-hydrogen) atoms. The van der Waals surface area contributed by atoms with Crippen LogP contribution in [0.15, 0.2) is 30.3 Å². The molecule has 0 aromatic heterocycles. The molecule has 0 aliphatic carbocycles. The van der Waals surface area contributed by atoms with Gasteiger partial charge >= 0.3 is 0 Å². The molecule has 1 N–H and O–H groups in total. The molecule has 0 saturated heterocycles. The Morgan fingerprint density at radius 3 is 2.27 bits per heavy atom. The Balaban J connectivity index is 2.70. The topological polar surface area (TPSA) is 29.1 Å². The highest BCUT2D eigenvalue weighted by Gasteiger charge is 2.21. The Kier molecular flexibility index (Phi) is 3.75. The molecule has 1 aromatic carbocycles. The lowest BCUT2D eigenvalue weighted by atomic mass is 10.1. The maximum absolute atomic E-state index is 11.7. The fraction of sp³-hybridized carbons (Fsp3) is 0.417. The zero-order chi connectivity index (χ0) is 11.5. The lowest BCUT2D eigenvalue weighted by Gasteiger charge is -2.22. The molecule has 0 radical (unpaired) electrons. The fourth-order valence-corrected chi connectivity index (χ4v) is 1.41. The largest absolute Gasteiger partial charge is 0.350 e. The van der Waals surface area contributed by atoms with Crippen LogP contribution in [0.3, 0.4) is 0 Å². The second kappa shape index (κ2) is 4.67. The van der Waals surface area contributed by atoms with Gasteiger partial charge in [-0.2, -0.15) is 0 Å². The van der Waals surface area contributed by atoms with Crippen LogP contribution in [-0.2, 0) is 4.79 Å². The van der Waals surface area contributed by atoms with E-state index in [2.05, 4.69) is 5.32 Å². The standard InChI is InChI=1S/C12H16ClNO/c1-12(2,3)14-11(15)10(13)9-7-5-4-6-8-9/h4-8,10H,1-3H3,(H,14,15)/t10-/m1/s1. The third-order valence-electron chi connectivity index (χ3n) is 1.82. The molecule has 2 nitrogen and oxygen atoms in total. The second-order valence-corrected chi connectivity index (χ2v) is 4.95. The quantitative estimate of drug-likeness (QED) is 0.771. The van der Waals surface area contributed by atoms with E-state index in [9.17, 15) is 4.79 Å². The minimum Gasteiger partial charge on any atom is -0.350 e. The molecule has 0 heterocycles. The van der Waals surface area contributed by atoms with Crippen molar-refractivity contribution < 1.29 is 4.79 Å². The molecule has 0 bridgehead atoms. The summed E-state index contributed by atoms with van der Waals surface area (Å²) in [6.07, 6.45) is 0. The van der Waals surface area contributed by atoms with E-state index in [1.165, 1.54) is 0 Å². The monoisotopic (exact) mass is 225 g/mol. The molecular weight excluding hydrogens is 210 g/mol. The smallest absolute Gasteiger partial charge is 0.242 e. The number of halogens is 1. The maximum Gasteiger partial charge on any atom is 0.242 e. The van der Waals surface area contributed by atoms with E-state index < -0.39 is 5.38 Å². The number of nitrogens with one attached hydrogen (secondary N) is 1. The van der Waals surface area contributed by atoms with E-state index in [0.717, 1.165) is 5.56 Å². The van der Waals surface area contributed by atoms with Crippen LogP contribution in [0.4, 0.5) is 0 Å². The van der Waals surface area contributed by atoms with Crippen LogP contribution < -0.4 is 5.32 Å². The number of carbonyl (C=O) groups is 1. The van der Waals surface area contributed by atoms with Crippen molar-refractivity contribution in [3.8, 4) is 0 Å². The highest BCUT2D eigenvalue weighted by molar-refractivity contribution is 6.30. The molecule has 1 amide bonds. The predicted octanol–water partition coefficient (Wildman–Crippen LogP) is 2.88. The van der Waals surface area contributed by atoms with Crippen LogP contribution in [-0.4, -0.2) is 11.4 Å². The molecule has 1 aromatic rings. The highest BCUT2D eigenvalue weighted by Crippen LogP contribution is 2.20. The van der Waals surface area contributed by atoms with Gasteiger partial charge in [-0.25, -0.2) is 0 Å². The van der Waals surface area contributed by atoms with Crippen molar-refractivity contribution in [2.75, 3.05) is 0 Å². The molecule has 0 aliphatic heterocycles. The van der Waals surface area contributed by atoms with Crippen LogP contribution in [0, 0.1) is 0 Å². The van der Waals surface area contributed by atoms with Gasteiger partial charge in [-0.3, -0.25) is 4.79 Å². The zero-order valence-corrected chi connectivity index (χ0v) is 10.0. The molecule has 82 valence electrons. The SMILES string of the molecule is CC(C)(C)NC(=O)[C@H](Cl)c1ccccc1. The fourth-order valence-electron chi connectivity index (χ4n) is 1.21. The first-order chi connectivity index (χ1) is 6.90. The normalized spacial score (nSPS) is 13.3. The third-order valence-corrected chi connectivity index (χ3v) is 2.27. The number of benzene rings is 1. The van der Waals surface area contributed by atoms with Crippen LogP contribution in [0.25, 0.3) is 0 Å². The minimum atomic E-state index is -0.620. The molecule has 1 rings (SSSR count). The molecule has 0 fully saturated rings. The maximum atomic E-state index is 11.7. The molecular formula is C12H16ClNO. The van der Waals surface area contributed by atoms with Gasteiger partial charge in [0.25, 0.3) is 0 Å². The van der Waals surface area contributed by atoms with Crippen LogP contribution in [0.1, 0.15) is 31.7 Å². The van der Waals surface area contributed by atoms with Gasteiger partial charge in [0.1, 0.15) is 5.38 Å². The molecule has 1 atom stereocenters. The van der Waals surface area contributed by atoms with E-state index in [4.69, 9.17) is 11.6 Å². The van der Waals surface area contributed by atoms with Crippen molar-refractivity contribution in [2.45, 2.75) is 31.7 Å². The first kappa shape index (κ1) is 12.1. The average molecular weight is 226 g/mol. The second-order valence-electron chi connectivity index (χ2n) is 4.51. The van der Waals surface area contributed by atoms with Crippen molar-refractivity contribution in [3.63, 3.8) is 0 Å². The van der Waals surface area contributed by atoms with E-state index >= 15 is 0 Å². The first-order valence-corrected chi connectivity index (χ1v) is 5.35. The Hall–Kier alpha value is -1.02. The Bertz CT molecular complexity index is 329. The summed E-state index contributed by atoms with van der Waals surface area (Å²) in [5.41, 5.74) is 0.569. The minimum absolute atomic E-state index is 0.157. The number of rotatable bonds is 2. The van der Waals surface area contributed by atoms with Crippen LogP contribution in [0.2, 0.25) is 0 Å². The Morgan fingerprint density at radius 2 is 1.80 bits per heavy atom. The van der Waals surface area contributed by atoms with E-state index in [-0.39, 0.29) is 11.4 Å². The van der Waals surface area contributed by atoms with Gasteiger partial charge in [0, 0.05) is 5.54 Å². The van der Waals surface area contributed by atoms with Crippen molar-refractivity contribution in [2.24, 2.45) is 0 Å². The van der Waals surface area contributed by atoms with Crippen LogP contribution in [0.5, 0.6) is 0 Å². The van der Waals surface area contributed by atoms with E-state index in [1.807, 2.05) is 51.1 Å². The van der Waals surface area contributed by atoms with Gasteiger partial charge in [0.05, 0.1) is 0 Å². The van der Waals surface area contributed by atoms with Gasteiger partial charge in [0.15, 0.2) is 0 Å². The van der Waals surface area contributed by atoms with Gasteiger partial charge < -0.3 is 5.32 Å². The summed E-state index contributed by atoms with van der Waals surface area (Å²) in [4.78, 5) is 11.7. The summed E-state index contributed by atoms with van der Waals surface area (Å²) in [5, 5.41) is 2.23. The first-order valence-electron chi connectivity index (χ1n) is 4.91. The van der Waals surface area contributed by atoms with Gasteiger partial charge in [-0.1, -0.05) is 30.3 Å². The number of carbonyl (C=O) groups excluding carboxylic acids is 1.